The fraction of sp³-hybridized carbons (Fsp3) is 0. The van der Waals surface area contributed by atoms with E-state index in [-0.39, 0.29) is 5.91 Å². The predicted molar refractivity (Wildman–Crippen MR) is 79.7 cm³/mol. The fourth-order valence-corrected chi connectivity index (χ4v) is 2.35. The number of nitrogens with zero attached hydrogens (tertiary/aromatic N) is 2. The Kier molecular flexibility index (Phi) is 3.52. The Morgan fingerprint density at radius 2 is 1.75 bits per heavy atom. The number of carbonyl (C=O) groups excluding carboxylic acids is 1. The van der Waals surface area contributed by atoms with Gasteiger partial charge < -0.3 is 5.32 Å². The van der Waals surface area contributed by atoms with Gasteiger partial charge in [-0.2, -0.15) is 0 Å². The highest BCUT2D eigenvalue weighted by atomic mass is 32.1. The topological polar surface area (TPSA) is 54.9 Å². The number of hydrogen-bond acceptors (Lipinski definition) is 4. The quantitative estimate of drug-likeness (QED) is 0.800. The molecule has 1 N–H and O–H groups in total. The molecule has 4 nitrogen and oxygen atoms in total. The second-order valence-corrected chi connectivity index (χ2v) is 5.04. The molecule has 0 atom stereocenters. The van der Waals surface area contributed by atoms with E-state index in [0.717, 1.165) is 5.56 Å². The maximum atomic E-state index is 11.9. The van der Waals surface area contributed by atoms with Gasteiger partial charge in [0.2, 0.25) is 0 Å². The SMILES string of the molecule is O=C(Nc1cnc(-c2ccccc2)nc1)c1cccs1. The van der Waals surface area contributed by atoms with Crippen LogP contribution in [0.15, 0.2) is 60.2 Å². The van der Waals surface area contributed by atoms with Crippen LogP contribution in [0.5, 0.6) is 0 Å². The number of nitrogens with one attached hydrogen (secondary N) is 1. The van der Waals surface area contributed by atoms with Crippen molar-refractivity contribution in [3.05, 3.63) is 65.1 Å². The number of thiophene rings is 1. The molecule has 2 heterocycles. The first-order valence-electron chi connectivity index (χ1n) is 6.05. The molecule has 5 heteroatoms. The van der Waals surface area contributed by atoms with Crippen LogP contribution in [-0.4, -0.2) is 15.9 Å². The lowest BCUT2D eigenvalue weighted by molar-refractivity contribution is 0.103. The maximum absolute atomic E-state index is 11.9. The average Bonchev–Trinajstić information content (AvgIpc) is 3.03. The van der Waals surface area contributed by atoms with Gasteiger partial charge in [0.25, 0.3) is 5.91 Å². The van der Waals surface area contributed by atoms with Crippen LogP contribution in [0.25, 0.3) is 11.4 Å². The van der Waals surface area contributed by atoms with E-state index in [2.05, 4.69) is 15.3 Å². The van der Waals surface area contributed by atoms with Crippen molar-refractivity contribution in [2.45, 2.75) is 0 Å². The Morgan fingerprint density at radius 1 is 1.00 bits per heavy atom. The molecule has 0 bridgehead atoms. The largest absolute Gasteiger partial charge is 0.319 e. The van der Waals surface area contributed by atoms with Gasteiger partial charge in [-0.25, -0.2) is 9.97 Å². The van der Waals surface area contributed by atoms with Crippen LogP contribution in [0.2, 0.25) is 0 Å². The Labute approximate surface area is 120 Å². The van der Waals surface area contributed by atoms with E-state index in [0.29, 0.717) is 16.4 Å². The Hall–Kier alpha value is -2.53. The van der Waals surface area contributed by atoms with E-state index < -0.39 is 0 Å². The highest BCUT2D eigenvalue weighted by Crippen LogP contribution is 2.16. The van der Waals surface area contributed by atoms with Gasteiger partial charge in [-0.05, 0) is 11.4 Å². The molecule has 0 aliphatic heterocycles. The van der Waals surface area contributed by atoms with Gasteiger partial charge in [-0.1, -0.05) is 36.4 Å². The predicted octanol–water partition coefficient (Wildman–Crippen LogP) is 3.46. The Bertz CT molecular complexity index is 694. The summed E-state index contributed by atoms with van der Waals surface area (Å²) in [6, 6.07) is 13.3. The van der Waals surface area contributed by atoms with Crippen LogP contribution in [-0.2, 0) is 0 Å². The average molecular weight is 281 g/mol. The van der Waals surface area contributed by atoms with E-state index in [4.69, 9.17) is 0 Å². The summed E-state index contributed by atoms with van der Waals surface area (Å²) in [5, 5.41) is 4.63. The van der Waals surface area contributed by atoms with E-state index in [1.807, 2.05) is 41.8 Å². The summed E-state index contributed by atoms with van der Waals surface area (Å²) in [6.07, 6.45) is 3.22. The lowest BCUT2D eigenvalue weighted by Gasteiger charge is -2.04. The second kappa shape index (κ2) is 5.63. The zero-order valence-corrected chi connectivity index (χ0v) is 11.3. The molecule has 3 rings (SSSR count). The maximum Gasteiger partial charge on any atom is 0.265 e. The van der Waals surface area contributed by atoms with Gasteiger partial charge in [-0.15, -0.1) is 11.3 Å². The zero-order valence-electron chi connectivity index (χ0n) is 10.5. The third-order valence-corrected chi connectivity index (χ3v) is 3.56. The van der Waals surface area contributed by atoms with Crippen LogP contribution < -0.4 is 5.32 Å². The van der Waals surface area contributed by atoms with Crippen LogP contribution >= 0.6 is 11.3 Å². The summed E-state index contributed by atoms with van der Waals surface area (Å²) >= 11 is 1.40. The molecular weight excluding hydrogens is 270 g/mol. The molecule has 0 aliphatic rings. The highest BCUT2D eigenvalue weighted by molar-refractivity contribution is 7.12. The molecule has 0 fully saturated rings. The van der Waals surface area contributed by atoms with Crippen molar-refractivity contribution >= 4 is 22.9 Å². The molecule has 0 radical (unpaired) electrons. The number of aromatic nitrogens is 2. The van der Waals surface area contributed by atoms with Crippen molar-refractivity contribution in [2.75, 3.05) is 5.32 Å². The van der Waals surface area contributed by atoms with Gasteiger partial charge in [0.05, 0.1) is 23.0 Å². The first kappa shape index (κ1) is 12.5. The van der Waals surface area contributed by atoms with Crippen molar-refractivity contribution in [3.63, 3.8) is 0 Å². The Morgan fingerprint density at radius 3 is 2.40 bits per heavy atom. The monoisotopic (exact) mass is 281 g/mol. The summed E-state index contributed by atoms with van der Waals surface area (Å²) in [4.78, 5) is 21.1. The number of benzene rings is 1. The molecule has 0 spiro atoms. The molecule has 1 aromatic carbocycles. The molecule has 20 heavy (non-hydrogen) atoms. The van der Waals surface area contributed by atoms with Crippen molar-refractivity contribution in [1.82, 2.24) is 9.97 Å². The first-order valence-corrected chi connectivity index (χ1v) is 6.93. The van der Waals surface area contributed by atoms with E-state index in [1.54, 1.807) is 18.5 Å². The lowest BCUT2D eigenvalue weighted by Crippen LogP contribution is -2.10. The molecule has 2 aromatic heterocycles. The number of amides is 1. The normalized spacial score (nSPS) is 10.2. The van der Waals surface area contributed by atoms with Crippen LogP contribution in [0.4, 0.5) is 5.69 Å². The summed E-state index contributed by atoms with van der Waals surface area (Å²) in [6.45, 7) is 0. The van der Waals surface area contributed by atoms with Gasteiger partial charge in [-0.3, -0.25) is 4.79 Å². The summed E-state index contributed by atoms with van der Waals surface area (Å²) in [5.41, 5.74) is 1.53. The third kappa shape index (κ3) is 2.73. The smallest absolute Gasteiger partial charge is 0.265 e. The molecule has 0 saturated heterocycles. The highest BCUT2D eigenvalue weighted by Gasteiger charge is 2.07. The van der Waals surface area contributed by atoms with E-state index in [9.17, 15) is 4.79 Å². The lowest BCUT2D eigenvalue weighted by atomic mass is 10.2. The van der Waals surface area contributed by atoms with Crippen molar-refractivity contribution < 1.29 is 4.79 Å². The Balaban J connectivity index is 1.75. The van der Waals surface area contributed by atoms with Crippen molar-refractivity contribution in [1.29, 1.82) is 0 Å². The summed E-state index contributed by atoms with van der Waals surface area (Å²) < 4.78 is 0. The molecule has 98 valence electrons. The van der Waals surface area contributed by atoms with Crippen LogP contribution in [0.1, 0.15) is 9.67 Å². The van der Waals surface area contributed by atoms with Crippen molar-refractivity contribution in [3.8, 4) is 11.4 Å². The minimum absolute atomic E-state index is 0.143. The van der Waals surface area contributed by atoms with E-state index >= 15 is 0 Å². The number of rotatable bonds is 3. The molecule has 3 aromatic rings. The van der Waals surface area contributed by atoms with Crippen molar-refractivity contribution in [2.24, 2.45) is 0 Å². The fourth-order valence-electron chi connectivity index (χ4n) is 1.73. The zero-order chi connectivity index (χ0) is 13.8. The van der Waals surface area contributed by atoms with Gasteiger partial charge in [0.15, 0.2) is 5.82 Å². The van der Waals surface area contributed by atoms with E-state index in [1.165, 1.54) is 11.3 Å². The summed E-state index contributed by atoms with van der Waals surface area (Å²) in [5.74, 6) is 0.496. The third-order valence-electron chi connectivity index (χ3n) is 2.69. The summed E-state index contributed by atoms with van der Waals surface area (Å²) in [7, 11) is 0. The van der Waals surface area contributed by atoms with Gasteiger partial charge >= 0.3 is 0 Å². The molecule has 0 saturated carbocycles. The first-order chi connectivity index (χ1) is 9.83. The van der Waals surface area contributed by atoms with Crippen LogP contribution in [0, 0.1) is 0 Å². The standard InChI is InChI=1S/C15H11N3OS/c19-15(13-7-4-8-20-13)18-12-9-16-14(17-10-12)11-5-2-1-3-6-11/h1-10H,(H,18,19). The second-order valence-electron chi connectivity index (χ2n) is 4.09. The van der Waals surface area contributed by atoms with Gasteiger partial charge in [0, 0.05) is 5.56 Å². The molecule has 0 unspecified atom stereocenters. The molecular formula is C15H11N3OS. The number of anilines is 1. The molecule has 0 aliphatic carbocycles. The van der Waals surface area contributed by atoms with Crippen LogP contribution in [0.3, 0.4) is 0 Å². The minimum atomic E-state index is -0.143. The minimum Gasteiger partial charge on any atom is -0.319 e. The molecule has 1 amide bonds. The number of hydrogen-bond donors (Lipinski definition) is 1. The van der Waals surface area contributed by atoms with Gasteiger partial charge in [0.1, 0.15) is 0 Å². The number of carbonyl (C=O) groups is 1.